The third kappa shape index (κ3) is 6.34. The van der Waals surface area contributed by atoms with Gasteiger partial charge in [0.25, 0.3) is 0 Å². The van der Waals surface area contributed by atoms with E-state index < -0.39 is 18.3 Å². The second-order valence-corrected chi connectivity index (χ2v) is 9.48. The SMILES string of the molecule is O=C1NC(CF)(CCCc2ccc(Sc3cccc(OCc4cc#ccc4)c3)cc2Cl)CO1. The standard InChI is InChI=1S/C26H23ClFNO3S/c27-24-15-23(12-11-20(24)8-5-13-26(17-28)18-32-25(30)29-26)33-22-10-4-9-21(14-22)31-16-19-6-2-1-3-7-19/h2,4,6-7,9-12,14-15H,5,8,13,16-18H2,(H,29,30). The lowest BCUT2D eigenvalue weighted by Gasteiger charge is -2.22. The van der Waals surface area contributed by atoms with Crippen molar-refractivity contribution in [1.29, 1.82) is 0 Å². The molecule has 1 unspecified atom stereocenters. The number of ether oxygens (including phenoxy) is 2. The molecular weight excluding hydrogens is 461 g/mol. The van der Waals surface area contributed by atoms with Gasteiger partial charge in [0, 0.05) is 14.8 Å². The van der Waals surface area contributed by atoms with Gasteiger partial charge in [-0.1, -0.05) is 47.6 Å². The van der Waals surface area contributed by atoms with Gasteiger partial charge in [-0.05, 0) is 78.9 Å². The van der Waals surface area contributed by atoms with Gasteiger partial charge in [-0.3, -0.25) is 0 Å². The molecule has 3 aromatic carbocycles. The van der Waals surface area contributed by atoms with Crippen LogP contribution in [0.2, 0.25) is 5.02 Å². The predicted octanol–water partition coefficient (Wildman–Crippen LogP) is 6.44. The van der Waals surface area contributed by atoms with Crippen LogP contribution in [0.1, 0.15) is 24.0 Å². The second kappa shape index (κ2) is 10.8. The van der Waals surface area contributed by atoms with Crippen LogP contribution in [0, 0.1) is 12.1 Å². The number of carbonyl (C=O) groups is 1. The molecule has 7 heteroatoms. The quantitative estimate of drug-likeness (QED) is 0.360. The van der Waals surface area contributed by atoms with E-state index >= 15 is 0 Å². The first-order valence-electron chi connectivity index (χ1n) is 10.6. The van der Waals surface area contributed by atoms with Crippen molar-refractivity contribution in [3.63, 3.8) is 0 Å². The predicted molar refractivity (Wildman–Crippen MR) is 127 cm³/mol. The normalized spacial score (nSPS) is 17.2. The van der Waals surface area contributed by atoms with E-state index in [1.54, 1.807) is 11.8 Å². The zero-order valence-corrected chi connectivity index (χ0v) is 19.5. The molecule has 1 saturated heterocycles. The highest BCUT2D eigenvalue weighted by Crippen LogP contribution is 2.33. The maximum atomic E-state index is 13.4. The molecule has 1 aliphatic heterocycles. The average Bonchev–Trinajstić information content (AvgIpc) is 3.21. The van der Waals surface area contributed by atoms with Crippen LogP contribution in [0.3, 0.4) is 0 Å². The Kier molecular flexibility index (Phi) is 7.64. The zero-order chi connectivity index (χ0) is 23.1. The Bertz CT molecular complexity index is 1100. The van der Waals surface area contributed by atoms with Crippen LogP contribution in [0.4, 0.5) is 9.18 Å². The minimum atomic E-state index is -0.913. The number of hydrogen-bond donors (Lipinski definition) is 1. The molecule has 0 aromatic heterocycles. The van der Waals surface area contributed by atoms with Crippen molar-refractivity contribution in [3.8, 4) is 5.75 Å². The number of benzene rings is 2. The van der Waals surface area contributed by atoms with Crippen LogP contribution >= 0.6 is 23.4 Å². The molecule has 1 N–H and O–H groups in total. The Morgan fingerprint density at radius 1 is 1.18 bits per heavy atom. The summed E-state index contributed by atoms with van der Waals surface area (Å²) in [5.41, 5.74) is 1.12. The number of alkyl carbamates (subject to hydrolysis) is 1. The molecule has 4 nitrogen and oxygen atoms in total. The van der Waals surface area contributed by atoms with Gasteiger partial charge in [-0.15, -0.1) is 0 Å². The summed E-state index contributed by atoms with van der Waals surface area (Å²) in [6, 6.07) is 25.3. The summed E-state index contributed by atoms with van der Waals surface area (Å²) in [4.78, 5) is 13.3. The number of amides is 1. The molecule has 1 amide bonds. The molecule has 0 saturated carbocycles. The van der Waals surface area contributed by atoms with E-state index in [1.807, 2.05) is 60.7 Å². The Balaban J connectivity index is 1.32. The maximum Gasteiger partial charge on any atom is 0.407 e. The first-order chi connectivity index (χ1) is 16.0. The largest absolute Gasteiger partial charge is 0.489 e. The van der Waals surface area contributed by atoms with Crippen molar-refractivity contribution in [3.05, 3.63) is 88.9 Å². The number of nitrogens with one attached hydrogen (secondary N) is 1. The molecule has 0 aliphatic carbocycles. The van der Waals surface area contributed by atoms with Gasteiger partial charge in [-0.2, -0.15) is 0 Å². The third-order valence-corrected chi connectivity index (χ3v) is 6.73. The first-order valence-corrected chi connectivity index (χ1v) is 11.8. The fourth-order valence-corrected chi connectivity index (χ4v) is 4.82. The molecule has 1 heterocycles. The Morgan fingerprint density at radius 3 is 2.79 bits per heavy atom. The summed E-state index contributed by atoms with van der Waals surface area (Å²) in [7, 11) is 0. The van der Waals surface area contributed by atoms with Crippen molar-refractivity contribution >= 4 is 29.5 Å². The highest BCUT2D eigenvalue weighted by Gasteiger charge is 2.39. The van der Waals surface area contributed by atoms with E-state index in [2.05, 4.69) is 17.4 Å². The summed E-state index contributed by atoms with van der Waals surface area (Å²) in [5, 5.41) is 3.26. The van der Waals surface area contributed by atoms with Crippen LogP contribution in [-0.4, -0.2) is 24.9 Å². The summed E-state index contributed by atoms with van der Waals surface area (Å²) in [5.74, 6) is 0.792. The van der Waals surface area contributed by atoms with Gasteiger partial charge >= 0.3 is 6.09 Å². The van der Waals surface area contributed by atoms with Gasteiger partial charge in [-0.25, -0.2) is 9.18 Å². The van der Waals surface area contributed by atoms with Gasteiger partial charge in [0.1, 0.15) is 31.2 Å². The van der Waals surface area contributed by atoms with Crippen LogP contribution in [-0.2, 0) is 17.8 Å². The highest BCUT2D eigenvalue weighted by atomic mass is 35.5. The van der Waals surface area contributed by atoms with Crippen LogP contribution in [0.15, 0.2) is 70.5 Å². The lowest BCUT2D eigenvalue weighted by Crippen LogP contribution is -2.45. The smallest absolute Gasteiger partial charge is 0.407 e. The van der Waals surface area contributed by atoms with Gasteiger partial charge in [0.05, 0.1) is 0 Å². The minimum absolute atomic E-state index is 0.0663. The van der Waals surface area contributed by atoms with Gasteiger partial charge in [0.2, 0.25) is 0 Å². The zero-order valence-electron chi connectivity index (χ0n) is 17.9. The van der Waals surface area contributed by atoms with Crippen LogP contribution < -0.4 is 10.1 Å². The molecule has 0 bridgehead atoms. The fourth-order valence-electron chi connectivity index (χ4n) is 3.58. The van der Waals surface area contributed by atoms with E-state index in [-0.39, 0.29) is 6.61 Å². The molecule has 0 spiro atoms. The lowest BCUT2D eigenvalue weighted by molar-refractivity contribution is 0.165. The number of alkyl halides is 1. The van der Waals surface area contributed by atoms with Crippen LogP contribution in [0.25, 0.3) is 0 Å². The van der Waals surface area contributed by atoms with E-state index in [1.165, 1.54) is 0 Å². The lowest BCUT2D eigenvalue weighted by atomic mass is 9.94. The number of carbonyl (C=O) groups excluding carboxylic acids is 1. The van der Waals surface area contributed by atoms with E-state index in [4.69, 9.17) is 21.1 Å². The number of cyclic esters (lactones) is 1. The number of aryl methyl sites for hydroxylation is 1. The number of halogens is 2. The third-order valence-electron chi connectivity index (χ3n) is 5.40. The highest BCUT2D eigenvalue weighted by molar-refractivity contribution is 7.99. The van der Waals surface area contributed by atoms with Gasteiger partial charge < -0.3 is 14.8 Å². The maximum absolute atomic E-state index is 13.4. The van der Waals surface area contributed by atoms with E-state index in [9.17, 15) is 9.18 Å². The molecule has 4 rings (SSSR count). The molecule has 3 aromatic rings. The molecule has 1 fully saturated rings. The molecule has 170 valence electrons. The minimum Gasteiger partial charge on any atom is -0.489 e. The topological polar surface area (TPSA) is 47.6 Å². The van der Waals surface area contributed by atoms with Crippen LogP contribution in [0.5, 0.6) is 5.75 Å². The van der Waals surface area contributed by atoms with Crippen molar-refractivity contribution in [2.75, 3.05) is 13.3 Å². The summed E-state index contributed by atoms with van der Waals surface area (Å²) in [6.45, 7) is -0.108. The van der Waals surface area contributed by atoms with E-state index in [0.29, 0.717) is 30.9 Å². The molecule has 33 heavy (non-hydrogen) atoms. The van der Waals surface area contributed by atoms with Crippen molar-refractivity contribution in [1.82, 2.24) is 5.32 Å². The fraction of sp³-hybridized carbons (Fsp3) is 0.269. The summed E-state index contributed by atoms with van der Waals surface area (Å²) in [6.07, 6.45) is 1.32. The Labute approximate surface area is 202 Å². The molecular formula is C26H23ClFNO3S. The summed E-state index contributed by atoms with van der Waals surface area (Å²) >= 11 is 8.12. The first kappa shape index (κ1) is 23.3. The van der Waals surface area contributed by atoms with Crippen molar-refractivity contribution < 1.29 is 18.7 Å². The van der Waals surface area contributed by atoms with Crippen molar-refractivity contribution in [2.45, 2.75) is 41.2 Å². The molecule has 1 aliphatic rings. The van der Waals surface area contributed by atoms with Crippen molar-refractivity contribution in [2.24, 2.45) is 0 Å². The number of rotatable bonds is 10. The Hall–Kier alpha value is -2.88. The Morgan fingerprint density at radius 2 is 2.06 bits per heavy atom. The monoisotopic (exact) mass is 483 g/mol. The van der Waals surface area contributed by atoms with Gasteiger partial charge in [0.15, 0.2) is 0 Å². The van der Waals surface area contributed by atoms with E-state index in [0.717, 1.165) is 26.7 Å². The average molecular weight is 484 g/mol. The second-order valence-electron chi connectivity index (χ2n) is 7.93. The molecule has 0 radical (unpaired) electrons. The molecule has 1 atom stereocenters. The number of hydrogen-bond acceptors (Lipinski definition) is 4. The summed E-state index contributed by atoms with van der Waals surface area (Å²) < 4.78 is 24.2.